The molecule has 11 heteroatoms. The lowest BCUT2D eigenvalue weighted by atomic mass is 10.1. The number of ether oxygens (including phenoxy) is 2. The molecule has 5 rings (SSSR count). The molecule has 10 nitrogen and oxygen atoms in total. The predicted octanol–water partition coefficient (Wildman–Crippen LogP) is 4.27. The molecule has 40 heavy (non-hydrogen) atoms. The van der Waals surface area contributed by atoms with E-state index in [1.807, 2.05) is 24.3 Å². The van der Waals surface area contributed by atoms with Crippen molar-refractivity contribution in [2.45, 2.75) is 30.3 Å². The van der Waals surface area contributed by atoms with E-state index in [4.69, 9.17) is 14.0 Å². The SMILES string of the molecule is C=CCN(Cc1nc(-c2ccc(OC)c(OC)c2)no1)C(=O)C1CCCN1S(=O)(=O)c1ccc2ccccc2c1. The van der Waals surface area contributed by atoms with Crippen LogP contribution in [-0.2, 0) is 21.4 Å². The molecule has 0 bridgehead atoms. The van der Waals surface area contributed by atoms with Gasteiger partial charge in [-0.3, -0.25) is 4.79 Å². The lowest BCUT2D eigenvalue weighted by molar-refractivity contribution is -0.135. The molecule has 2 heterocycles. The second kappa shape index (κ2) is 11.5. The highest BCUT2D eigenvalue weighted by Gasteiger charge is 2.41. The molecule has 1 saturated heterocycles. The van der Waals surface area contributed by atoms with Crippen LogP contribution < -0.4 is 9.47 Å². The number of carbonyl (C=O) groups excluding carboxylic acids is 1. The van der Waals surface area contributed by atoms with E-state index in [0.29, 0.717) is 35.7 Å². The van der Waals surface area contributed by atoms with Crippen molar-refractivity contribution in [1.82, 2.24) is 19.3 Å². The number of aromatic nitrogens is 2. The normalized spacial score (nSPS) is 15.7. The quantitative estimate of drug-likeness (QED) is 0.263. The summed E-state index contributed by atoms with van der Waals surface area (Å²) < 4.78 is 44.7. The molecular weight excluding hydrogens is 532 g/mol. The summed E-state index contributed by atoms with van der Waals surface area (Å²) in [6.45, 7) is 4.22. The van der Waals surface area contributed by atoms with Gasteiger partial charge in [0.05, 0.1) is 19.1 Å². The Hall–Kier alpha value is -4.22. The Labute approximate surface area is 232 Å². The Bertz CT molecular complexity index is 1650. The van der Waals surface area contributed by atoms with Crippen molar-refractivity contribution >= 4 is 26.7 Å². The zero-order valence-corrected chi connectivity index (χ0v) is 23.1. The summed E-state index contributed by atoms with van der Waals surface area (Å²) in [5.41, 5.74) is 0.651. The van der Waals surface area contributed by atoms with Gasteiger partial charge in [-0.15, -0.1) is 6.58 Å². The van der Waals surface area contributed by atoms with Crippen LogP contribution >= 0.6 is 0 Å². The number of rotatable bonds is 10. The highest BCUT2D eigenvalue weighted by Crippen LogP contribution is 2.32. The maximum Gasteiger partial charge on any atom is 0.246 e. The first-order valence-electron chi connectivity index (χ1n) is 12.8. The van der Waals surface area contributed by atoms with Crippen LogP contribution in [0.4, 0.5) is 0 Å². The van der Waals surface area contributed by atoms with E-state index in [1.54, 1.807) is 49.6 Å². The van der Waals surface area contributed by atoms with Gasteiger partial charge in [-0.1, -0.05) is 41.6 Å². The summed E-state index contributed by atoms with van der Waals surface area (Å²) in [5, 5.41) is 5.82. The zero-order chi connectivity index (χ0) is 28.3. The molecule has 0 spiro atoms. The van der Waals surface area contributed by atoms with E-state index in [9.17, 15) is 13.2 Å². The molecule has 0 radical (unpaired) electrons. The summed E-state index contributed by atoms with van der Waals surface area (Å²) in [4.78, 5) is 19.8. The smallest absolute Gasteiger partial charge is 0.246 e. The summed E-state index contributed by atoms with van der Waals surface area (Å²) in [6.07, 6.45) is 2.58. The number of nitrogens with zero attached hydrogens (tertiary/aromatic N) is 4. The minimum absolute atomic E-state index is 0.00546. The van der Waals surface area contributed by atoms with Crippen molar-refractivity contribution in [1.29, 1.82) is 0 Å². The fourth-order valence-electron chi connectivity index (χ4n) is 4.91. The van der Waals surface area contributed by atoms with Crippen LogP contribution in [0.5, 0.6) is 11.5 Å². The number of benzene rings is 3. The molecule has 1 amide bonds. The second-order valence-corrected chi connectivity index (χ2v) is 11.3. The van der Waals surface area contributed by atoms with Gasteiger partial charge in [0, 0.05) is 18.7 Å². The Kier molecular flexibility index (Phi) is 7.85. The number of carbonyl (C=O) groups is 1. The highest BCUT2D eigenvalue weighted by molar-refractivity contribution is 7.89. The molecule has 3 aromatic carbocycles. The van der Waals surface area contributed by atoms with Crippen LogP contribution in [0, 0.1) is 0 Å². The van der Waals surface area contributed by atoms with Gasteiger partial charge in [0.2, 0.25) is 27.6 Å². The fourth-order valence-corrected chi connectivity index (χ4v) is 6.60. The van der Waals surface area contributed by atoms with Gasteiger partial charge in [0.15, 0.2) is 11.5 Å². The van der Waals surface area contributed by atoms with Gasteiger partial charge < -0.3 is 18.9 Å². The molecule has 1 aromatic heterocycles. The standard InChI is InChI=1S/C29H30N4O6S/c1-4-15-32(19-27-30-28(31-39-27)22-12-14-25(37-2)26(18-22)38-3)29(34)24-10-7-16-33(24)40(35,36)23-13-11-20-8-5-6-9-21(20)17-23/h4-6,8-9,11-14,17-18,24H,1,7,10,15-16,19H2,2-3H3. The Morgan fingerprint density at radius 3 is 2.62 bits per heavy atom. The van der Waals surface area contributed by atoms with Gasteiger partial charge in [0.1, 0.15) is 12.6 Å². The van der Waals surface area contributed by atoms with E-state index in [0.717, 1.165) is 10.8 Å². The van der Waals surface area contributed by atoms with Crippen molar-refractivity contribution in [3.8, 4) is 22.9 Å². The van der Waals surface area contributed by atoms with Gasteiger partial charge in [-0.2, -0.15) is 9.29 Å². The fraction of sp³-hybridized carbons (Fsp3) is 0.276. The van der Waals surface area contributed by atoms with Crippen molar-refractivity contribution in [3.63, 3.8) is 0 Å². The van der Waals surface area contributed by atoms with Crippen molar-refractivity contribution in [2.24, 2.45) is 0 Å². The first-order valence-corrected chi connectivity index (χ1v) is 14.2. The lowest BCUT2D eigenvalue weighted by Gasteiger charge is -2.28. The van der Waals surface area contributed by atoms with Crippen LogP contribution in [-0.4, -0.2) is 67.0 Å². The Balaban J connectivity index is 1.36. The first-order chi connectivity index (χ1) is 19.3. The molecule has 1 atom stereocenters. The van der Waals surface area contributed by atoms with Crippen LogP contribution in [0.25, 0.3) is 22.2 Å². The van der Waals surface area contributed by atoms with Crippen LogP contribution in [0.2, 0.25) is 0 Å². The highest BCUT2D eigenvalue weighted by atomic mass is 32.2. The number of hydrogen-bond acceptors (Lipinski definition) is 8. The summed E-state index contributed by atoms with van der Waals surface area (Å²) >= 11 is 0. The van der Waals surface area contributed by atoms with Crippen molar-refractivity contribution in [3.05, 3.63) is 79.2 Å². The number of amides is 1. The number of hydrogen-bond donors (Lipinski definition) is 0. The van der Waals surface area contributed by atoms with Crippen molar-refractivity contribution < 1.29 is 27.2 Å². The van der Waals surface area contributed by atoms with Gasteiger partial charge >= 0.3 is 0 Å². The molecule has 1 fully saturated rings. The third-order valence-corrected chi connectivity index (χ3v) is 8.82. The Morgan fingerprint density at radius 2 is 1.88 bits per heavy atom. The predicted molar refractivity (Wildman–Crippen MR) is 149 cm³/mol. The van der Waals surface area contributed by atoms with Crippen molar-refractivity contribution in [2.75, 3.05) is 27.3 Å². The number of sulfonamides is 1. The molecule has 1 aliphatic rings. The largest absolute Gasteiger partial charge is 0.493 e. The van der Waals surface area contributed by atoms with E-state index >= 15 is 0 Å². The molecule has 0 N–H and O–H groups in total. The monoisotopic (exact) mass is 562 g/mol. The third-order valence-electron chi connectivity index (χ3n) is 6.91. The molecule has 4 aromatic rings. The second-order valence-electron chi connectivity index (χ2n) is 9.37. The lowest BCUT2D eigenvalue weighted by Crippen LogP contribution is -2.47. The number of methoxy groups -OCH3 is 2. The van der Waals surface area contributed by atoms with Gasteiger partial charge in [-0.25, -0.2) is 8.42 Å². The first kappa shape index (κ1) is 27.4. The van der Waals surface area contributed by atoms with E-state index in [-0.39, 0.29) is 36.3 Å². The maximum atomic E-state index is 13.7. The molecule has 208 valence electrons. The zero-order valence-electron chi connectivity index (χ0n) is 22.3. The minimum Gasteiger partial charge on any atom is -0.493 e. The molecule has 1 unspecified atom stereocenters. The summed E-state index contributed by atoms with van der Waals surface area (Å²) in [5.74, 6) is 1.28. The van der Waals surface area contributed by atoms with Gasteiger partial charge in [-0.05, 0) is 53.9 Å². The van der Waals surface area contributed by atoms with Crippen LogP contribution in [0.3, 0.4) is 0 Å². The van der Waals surface area contributed by atoms with E-state index in [2.05, 4.69) is 16.7 Å². The van der Waals surface area contributed by atoms with Gasteiger partial charge in [0.25, 0.3) is 0 Å². The molecule has 0 saturated carbocycles. The average molecular weight is 563 g/mol. The minimum atomic E-state index is -3.90. The molecular formula is C29H30N4O6S. The van der Waals surface area contributed by atoms with Crippen LogP contribution in [0.1, 0.15) is 18.7 Å². The Morgan fingerprint density at radius 1 is 1.10 bits per heavy atom. The molecule has 1 aliphatic heterocycles. The summed E-state index contributed by atoms with van der Waals surface area (Å²) in [7, 11) is -0.818. The summed E-state index contributed by atoms with van der Waals surface area (Å²) in [6, 6.07) is 17.0. The van der Waals surface area contributed by atoms with E-state index < -0.39 is 16.1 Å². The van der Waals surface area contributed by atoms with E-state index in [1.165, 1.54) is 16.3 Å². The maximum absolute atomic E-state index is 13.7. The average Bonchev–Trinajstić information content (AvgIpc) is 3.67. The molecule has 0 aliphatic carbocycles. The van der Waals surface area contributed by atoms with Crippen LogP contribution in [0.15, 0.2) is 82.7 Å². The topological polar surface area (TPSA) is 115 Å². The number of fused-ring (bicyclic) bond motifs is 1. The third kappa shape index (κ3) is 5.30.